The van der Waals surface area contributed by atoms with Crippen molar-refractivity contribution < 1.29 is 17.6 Å². The minimum atomic E-state index is -4.35. The van der Waals surface area contributed by atoms with Crippen LogP contribution in [0.25, 0.3) is 16.6 Å². The SMILES string of the molecule is Fc1cnc2c([C@H]3C[C@@H]3c3ccc4cnn(CC(F)(F)F)c4c3)cc(Cl)nn12. The van der Waals surface area contributed by atoms with Gasteiger partial charge in [-0.3, -0.25) is 4.68 Å². The Bertz CT molecular complexity index is 1210. The first kappa shape index (κ1) is 17.4. The van der Waals surface area contributed by atoms with Crippen molar-refractivity contribution >= 4 is 28.2 Å². The van der Waals surface area contributed by atoms with Crippen LogP contribution in [-0.4, -0.2) is 30.6 Å². The molecular weight excluding hydrogens is 398 g/mol. The Morgan fingerprint density at radius 1 is 1.14 bits per heavy atom. The smallest absolute Gasteiger partial charge is 0.256 e. The zero-order chi connectivity index (χ0) is 19.6. The highest BCUT2D eigenvalue weighted by Gasteiger charge is 2.41. The van der Waals surface area contributed by atoms with Crippen molar-refractivity contribution in [3.63, 3.8) is 0 Å². The van der Waals surface area contributed by atoms with Crippen molar-refractivity contribution in [1.82, 2.24) is 24.4 Å². The maximum Gasteiger partial charge on any atom is 0.408 e. The Morgan fingerprint density at radius 2 is 1.96 bits per heavy atom. The van der Waals surface area contributed by atoms with Gasteiger partial charge in [0, 0.05) is 10.9 Å². The van der Waals surface area contributed by atoms with Gasteiger partial charge in [0.2, 0.25) is 5.95 Å². The molecule has 5 rings (SSSR count). The lowest BCUT2D eigenvalue weighted by Crippen LogP contribution is -2.18. The largest absolute Gasteiger partial charge is 0.408 e. The van der Waals surface area contributed by atoms with Gasteiger partial charge in [-0.05, 0) is 36.0 Å². The molecule has 5 nitrogen and oxygen atoms in total. The summed E-state index contributed by atoms with van der Waals surface area (Å²) in [7, 11) is 0. The third-order valence-corrected chi connectivity index (χ3v) is 5.23. The zero-order valence-electron chi connectivity index (χ0n) is 14.2. The highest BCUT2D eigenvalue weighted by molar-refractivity contribution is 6.29. The summed E-state index contributed by atoms with van der Waals surface area (Å²) in [5.41, 5.74) is 2.51. The summed E-state index contributed by atoms with van der Waals surface area (Å²) < 4.78 is 54.1. The molecule has 0 radical (unpaired) electrons. The molecule has 3 heterocycles. The normalized spacial score (nSPS) is 19.6. The second kappa shape index (κ2) is 5.91. The maximum atomic E-state index is 13.8. The molecule has 0 saturated heterocycles. The molecule has 1 aromatic carbocycles. The molecule has 1 fully saturated rings. The Morgan fingerprint density at radius 3 is 2.75 bits per heavy atom. The van der Waals surface area contributed by atoms with Crippen molar-refractivity contribution in [2.75, 3.05) is 0 Å². The van der Waals surface area contributed by atoms with Crippen LogP contribution in [0.1, 0.15) is 29.4 Å². The number of imidazole rings is 1. The molecular formula is C18H12ClF4N5. The molecule has 3 aromatic heterocycles. The third kappa shape index (κ3) is 2.90. The molecule has 1 aliphatic carbocycles. The molecule has 144 valence electrons. The van der Waals surface area contributed by atoms with Gasteiger partial charge in [0.25, 0.3) is 0 Å². The van der Waals surface area contributed by atoms with E-state index in [2.05, 4.69) is 15.2 Å². The Balaban J connectivity index is 1.51. The fourth-order valence-electron chi connectivity index (χ4n) is 3.73. The monoisotopic (exact) mass is 409 g/mol. The minimum absolute atomic E-state index is 0.0428. The fourth-order valence-corrected chi connectivity index (χ4v) is 3.92. The van der Waals surface area contributed by atoms with Crippen LogP contribution in [0.15, 0.2) is 36.7 Å². The number of halogens is 5. The molecule has 2 atom stereocenters. The van der Waals surface area contributed by atoms with Crippen molar-refractivity contribution in [2.45, 2.75) is 31.0 Å². The van der Waals surface area contributed by atoms with E-state index in [4.69, 9.17) is 11.6 Å². The highest BCUT2D eigenvalue weighted by atomic mass is 35.5. The predicted octanol–water partition coefficient (Wildman–Crippen LogP) is 4.70. The number of nitrogens with zero attached hydrogens (tertiary/aromatic N) is 5. The van der Waals surface area contributed by atoms with E-state index >= 15 is 0 Å². The standard InChI is InChI=1S/C18H12ClF4N5/c19-15-5-13(17-24-7-16(20)28(17)26-15)12-4-11(12)9-1-2-10-6-25-27(14(10)3-9)8-18(21,22)23/h1-3,5-7,11-12H,4,8H2/t11-,12+/m1/s1. The molecule has 0 bridgehead atoms. The number of fused-ring (bicyclic) bond motifs is 2. The third-order valence-electron chi connectivity index (χ3n) is 5.04. The summed E-state index contributed by atoms with van der Waals surface area (Å²) in [6.45, 7) is -1.14. The number of alkyl halides is 3. The van der Waals surface area contributed by atoms with Crippen molar-refractivity contribution in [3.05, 3.63) is 58.9 Å². The molecule has 4 aromatic rings. The molecule has 0 unspecified atom stereocenters. The number of benzene rings is 1. The van der Waals surface area contributed by atoms with Gasteiger partial charge in [-0.15, -0.1) is 0 Å². The summed E-state index contributed by atoms with van der Waals surface area (Å²) in [6.07, 6.45) is -1.07. The second-order valence-electron chi connectivity index (χ2n) is 6.92. The van der Waals surface area contributed by atoms with E-state index in [0.29, 0.717) is 16.6 Å². The Kier molecular flexibility index (Phi) is 3.67. The summed E-state index contributed by atoms with van der Waals surface area (Å²) in [5.74, 6) is -0.477. The topological polar surface area (TPSA) is 48.0 Å². The van der Waals surface area contributed by atoms with E-state index < -0.39 is 18.7 Å². The van der Waals surface area contributed by atoms with Crippen LogP contribution in [-0.2, 0) is 6.54 Å². The quantitative estimate of drug-likeness (QED) is 0.461. The number of hydrogen-bond donors (Lipinski definition) is 0. The van der Waals surface area contributed by atoms with Crippen LogP contribution in [0.4, 0.5) is 17.6 Å². The second-order valence-corrected chi connectivity index (χ2v) is 7.31. The van der Waals surface area contributed by atoms with Gasteiger partial charge in [-0.25, -0.2) is 4.98 Å². The van der Waals surface area contributed by atoms with E-state index in [1.165, 1.54) is 6.20 Å². The lowest BCUT2D eigenvalue weighted by molar-refractivity contribution is -0.141. The van der Waals surface area contributed by atoms with Crippen molar-refractivity contribution in [1.29, 1.82) is 0 Å². The lowest BCUT2D eigenvalue weighted by atomic mass is 10.0. The van der Waals surface area contributed by atoms with Crippen LogP contribution in [0.5, 0.6) is 0 Å². The summed E-state index contributed by atoms with van der Waals surface area (Å²) in [5, 5.41) is 8.56. The highest BCUT2D eigenvalue weighted by Crippen LogP contribution is 2.55. The molecule has 28 heavy (non-hydrogen) atoms. The van der Waals surface area contributed by atoms with Gasteiger partial charge in [-0.1, -0.05) is 23.7 Å². The van der Waals surface area contributed by atoms with Gasteiger partial charge >= 0.3 is 6.18 Å². The molecule has 1 saturated carbocycles. The van der Waals surface area contributed by atoms with Gasteiger partial charge in [-0.2, -0.15) is 32.3 Å². The van der Waals surface area contributed by atoms with Crippen LogP contribution in [0.2, 0.25) is 5.15 Å². The summed E-state index contributed by atoms with van der Waals surface area (Å²) in [4.78, 5) is 4.07. The van der Waals surface area contributed by atoms with Crippen LogP contribution >= 0.6 is 11.6 Å². The van der Waals surface area contributed by atoms with Crippen molar-refractivity contribution in [3.8, 4) is 0 Å². The number of rotatable bonds is 3. The molecule has 0 amide bonds. The number of aromatic nitrogens is 5. The van der Waals surface area contributed by atoms with Crippen molar-refractivity contribution in [2.24, 2.45) is 0 Å². The summed E-state index contributed by atoms with van der Waals surface area (Å²) in [6, 6.07) is 7.06. The van der Waals surface area contributed by atoms with E-state index in [9.17, 15) is 17.6 Å². The lowest BCUT2D eigenvalue weighted by Gasteiger charge is -2.08. The Labute approximate surface area is 160 Å². The van der Waals surface area contributed by atoms with Crippen LogP contribution in [0.3, 0.4) is 0 Å². The van der Waals surface area contributed by atoms with Crippen LogP contribution < -0.4 is 0 Å². The van der Waals surface area contributed by atoms with E-state index in [1.54, 1.807) is 18.2 Å². The predicted molar refractivity (Wildman–Crippen MR) is 93.8 cm³/mol. The van der Waals surface area contributed by atoms with Crippen LogP contribution in [0, 0.1) is 5.95 Å². The molecule has 0 N–H and O–H groups in total. The minimum Gasteiger partial charge on any atom is -0.256 e. The van der Waals surface area contributed by atoms with Gasteiger partial charge < -0.3 is 0 Å². The van der Waals surface area contributed by atoms with Gasteiger partial charge in [0.1, 0.15) is 6.54 Å². The first-order valence-electron chi connectivity index (χ1n) is 8.52. The molecule has 0 aliphatic heterocycles. The average molecular weight is 410 g/mol. The Hall–Kier alpha value is -2.68. The molecule has 1 aliphatic rings. The zero-order valence-corrected chi connectivity index (χ0v) is 14.9. The first-order chi connectivity index (χ1) is 13.3. The molecule has 10 heteroatoms. The average Bonchev–Trinajstić information content (AvgIpc) is 3.22. The summed E-state index contributed by atoms with van der Waals surface area (Å²) >= 11 is 6.02. The van der Waals surface area contributed by atoms with E-state index in [1.807, 2.05) is 6.07 Å². The van der Waals surface area contributed by atoms with E-state index in [-0.39, 0.29) is 17.0 Å². The van der Waals surface area contributed by atoms with Gasteiger partial charge in [0.05, 0.1) is 17.9 Å². The maximum absolute atomic E-state index is 13.8. The number of hydrogen-bond acceptors (Lipinski definition) is 3. The molecule has 0 spiro atoms. The van der Waals surface area contributed by atoms with E-state index in [0.717, 1.165) is 32.9 Å². The first-order valence-corrected chi connectivity index (χ1v) is 8.90. The fraction of sp³-hybridized carbons (Fsp3) is 0.278. The van der Waals surface area contributed by atoms with Gasteiger partial charge in [0.15, 0.2) is 10.8 Å².